The molecule has 0 aliphatic rings. The maximum atomic E-state index is 12.1. The molecular weight excluding hydrogens is 286 g/mol. The summed E-state index contributed by atoms with van der Waals surface area (Å²) in [5.41, 5.74) is 0.802. The van der Waals surface area contributed by atoms with Crippen molar-refractivity contribution in [3.05, 3.63) is 52.6 Å². The molecule has 0 aliphatic carbocycles. The molecule has 8 nitrogen and oxygen atoms in total. The molecule has 2 N–H and O–H groups in total. The standard InChI is InChI=1S/C14H13N5O3/c1-22-14(21)19-8-16-11-10(19)12(20)18-13(17-11)15-7-9-5-3-2-4-6-9/h2-6,8H,7H2,1H3,(H2,15,17,18,20). The molecule has 1 aromatic carbocycles. The van der Waals surface area contributed by atoms with Crippen LogP contribution in [0.15, 0.2) is 41.5 Å². The Kier molecular flexibility index (Phi) is 3.57. The highest BCUT2D eigenvalue weighted by Crippen LogP contribution is 2.09. The predicted octanol–water partition coefficient (Wildman–Crippen LogP) is 1.35. The molecule has 0 aliphatic heterocycles. The van der Waals surface area contributed by atoms with Gasteiger partial charge in [0.25, 0.3) is 5.56 Å². The van der Waals surface area contributed by atoms with Crippen LogP contribution in [0.3, 0.4) is 0 Å². The van der Waals surface area contributed by atoms with E-state index in [2.05, 4.69) is 25.0 Å². The number of H-pyrrole nitrogens is 1. The number of rotatable bonds is 3. The van der Waals surface area contributed by atoms with E-state index in [1.165, 1.54) is 13.4 Å². The number of carbonyl (C=O) groups excluding carboxylic acids is 1. The fourth-order valence-corrected chi connectivity index (χ4v) is 2.03. The van der Waals surface area contributed by atoms with Gasteiger partial charge in [-0.1, -0.05) is 30.3 Å². The van der Waals surface area contributed by atoms with Gasteiger partial charge in [0, 0.05) is 6.54 Å². The second-order valence-electron chi connectivity index (χ2n) is 4.51. The first-order chi connectivity index (χ1) is 10.7. The van der Waals surface area contributed by atoms with Crippen LogP contribution in [0.4, 0.5) is 10.7 Å². The van der Waals surface area contributed by atoms with Crippen LogP contribution < -0.4 is 10.9 Å². The lowest BCUT2D eigenvalue weighted by molar-refractivity contribution is 0.174. The molecule has 0 amide bonds. The first-order valence-electron chi connectivity index (χ1n) is 6.52. The third kappa shape index (κ3) is 2.53. The quantitative estimate of drug-likeness (QED) is 0.757. The van der Waals surface area contributed by atoms with E-state index in [1.807, 2.05) is 30.3 Å². The molecule has 0 saturated heterocycles. The molecule has 0 spiro atoms. The topological polar surface area (TPSA) is 102 Å². The van der Waals surface area contributed by atoms with Crippen LogP contribution in [0.2, 0.25) is 0 Å². The zero-order valence-electron chi connectivity index (χ0n) is 11.7. The van der Waals surface area contributed by atoms with Gasteiger partial charge in [-0.3, -0.25) is 9.78 Å². The van der Waals surface area contributed by atoms with E-state index in [0.29, 0.717) is 6.54 Å². The third-order valence-corrected chi connectivity index (χ3v) is 3.09. The Morgan fingerprint density at radius 1 is 1.36 bits per heavy atom. The van der Waals surface area contributed by atoms with Crippen LogP contribution in [-0.4, -0.2) is 32.7 Å². The van der Waals surface area contributed by atoms with Crippen molar-refractivity contribution in [2.75, 3.05) is 12.4 Å². The van der Waals surface area contributed by atoms with Crippen molar-refractivity contribution in [2.24, 2.45) is 0 Å². The van der Waals surface area contributed by atoms with Crippen LogP contribution in [0.5, 0.6) is 0 Å². The Morgan fingerprint density at radius 3 is 2.86 bits per heavy atom. The Bertz CT molecular complexity index is 869. The number of fused-ring (bicyclic) bond motifs is 1. The van der Waals surface area contributed by atoms with Crippen molar-refractivity contribution >= 4 is 23.2 Å². The van der Waals surface area contributed by atoms with Crippen molar-refractivity contribution < 1.29 is 9.53 Å². The SMILES string of the molecule is COC(=O)n1cnc2nc(NCc3ccccc3)[nH]c(=O)c21. The Hall–Kier alpha value is -3.16. The van der Waals surface area contributed by atoms with E-state index in [9.17, 15) is 9.59 Å². The second-order valence-corrected chi connectivity index (χ2v) is 4.51. The largest absolute Gasteiger partial charge is 0.452 e. The number of nitrogens with zero attached hydrogens (tertiary/aromatic N) is 3. The molecule has 3 rings (SSSR count). The summed E-state index contributed by atoms with van der Waals surface area (Å²) in [5.74, 6) is 0.288. The highest BCUT2D eigenvalue weighted by atomic mass is 16.5. The van der Waals surface area contributed by atoms with Crippen LogP contribution in [0.25, 0.3) is 11.2 Å². The number of hydrogen-bond acceptors (Lipinski definition) is 6. The number of ether oxygens (including phenoxy) is 1. The summed E-state index contributed by atoms with van der Waals surface area (Å²) in [6.07, 6.45) is 0.513. The average molecular weight is 299 g/mol. The summed E-state index contributed by atoms with van der Waals surface area (Å²) in [7, 11) is 1.23. The van der Waals surface area contributed by atoms with Gasteiger partial charge >= 0.3 is 6.09 Å². The molecule has 2 aromatic heterocycles. The molecule has 3 aromatic rings. The smallest absolute Gasteiger partial charge is 0.419 e. The number of aromatic amines is 1. The Morgan fingerprint density at radius 2 is 2.14 bits per heavy atom. The Balaban J connectivity index is 1.90. The summed E-state index contributed by atoms with van der Waals surface area (Å²) in [5, 5.41) is 3.01. The van der Waals surface area contributed by atoms with Gasteiger partial charge in [-0.25, -0.2) is 14.3 Å². The van der Waals surface area contributed by atoms with Crippen LogP contribution >= 0.6 is 0 Å². The number of anilines is 1. The fraction of sp³-hybridized carbons (Fsp3) is 0.143. The van der Waals surface area contributed by atoms with E-state index in [4.69, 9.17) is 0 Å². The number of imidazole rings is 1. The minimum atomic E-state index is -0.695. The molecule has 0 bridgehead atoms. The maximum absolute atomic E-state index is 12.1. The highest BCUT2D eigenvalue weighted by molar-refractivity contribution is 5.84. The molecule has 0 saturated carbocycles. The lowest BCUT2D eigenvalue weighted by Crippen LogP contribution is -2.19. The summed E-state index contributed by atoms with van der Waals surface area (Å²) in [6, 6.07) is 9.68. The molecule has 0 unspecified atom stereocenters. The fourth-order valence-electron chi connectivity index (χ4n) is 2.03. The lowest BCUT2D eigenvalue weighted by Gasteiger charge is -2.05. The van der Waals surface area contributed by atoms with Crippen molar-refractivity contribution in [2.45, 2.75) is 6.54 Å². The predicted molar refractivity (Wildman–Crippen MR) is 79.7 cm³/mol. The monoisotopic (exact) mass is 299 g/mol. The molecule has 0 radical (unpaired) electrons. The molecule has 0 fully saturated rings. The van der Waals surface area contributed by atoms with Crippen molar-refractivity contribution in [1.29, 1.82) is 0 Å². The van der Waals surface area contributed by atoms with Gasteiger partial charge in [0.2, 0.25) is 5.95 Å². The summed E-state index contributed by atoms with van der Waals surface area (Å²) < 4.78 is 5.60. The van der Waals surface area contributed by atoms with Gasteiger partial charge in [0.05, 0.1) is 7.11 Å². The molecule has 112 valence electrons. The van der Waals surface area contributed by atoms with Gasteiger partial charge in [0.15, 0.2) is 11.2 Å². The average Bonchev–Trinajstić information content (AvgIpc) is 2.98. The van der Waals surface area contributed by atoms with Gasteiger partial charge in [0.1, 0.15) is 6.33 Å². The van der Waals surface area contributed by atoms with Crippen molar-refractivity contribution in [3.8, 4) is 0 Å². The summed E-state index contributed by atoms with van der Waals surface area (Å²) in [6.45, 7) is 0.507. The molecule has 0 atom stereocenters. The normalized spacial score (nSPS) is 10.6. The minimum absolute atomic E-state index is 0.0529. The first kappa shape index (κ1) is 13.8. The number of nitrogens with one attached hydrogen (secondary N) is 2. The van der Waals surface area contributed by atoms with Crippen molar-refractivity contribution in [1.82, 2.24) is 19.5 Å². The molecule has 8 heteroatoms. The van der Waals surface area contributed by atoms with E-state index in [0.717, 1.165) is 10.1 Å². The summed E-state index contributed by atoms with van der Waals surface area (Å²) >= 11 is 0. The van der Waals surface area contributed by atoms with Gasteiger partial charge in [-0.2, -0.15) is 4.98 Å². The minimum Gasteiger partial charge on any atom is -0.452 e. The van der Waals surface area contributed by atoms with Crippen LogP contribution in [0, 0.1) is 0 Å². The van der Waals surface area contributed by atoms with E-state index in [-0.39, 0.29) is 17.1 Å². The zero-order valence-corrected chi connectivity index (χ0v) is 11.7. The Labute approximate surface area is 124 Å². The number of carbonyl (C=O) groups is 1. The lowest BCUT2D eigenvalue weighted by atomic mass is 10.2. The first-order valence-corrected chi connectivity index (χ1v) is 6.52. The van der Waals surface area contributed by atoms with Gasteiger partial charge in [-0.15, -0.1) is 0 Å². The van der Waals surface area contributed by atoms with Crippen molar-refractivity contribution in [3.63, 3.8) is 0 Å². The van der Waals surface area contributed by atoms with E-state index >= 15 is 0 Å². The zero-order chi connectivity index (χ0) is 15.5. The second kappa shape index (κ2) is 5.68. The number of methoxy groups -OCH3 is 1. The number of aromatic nitrogens is 4. The summed E-state index contributed by atoms with van der Waals surface area (Å²) in [4.78, 5) is 34.4. The highest BCUT2D eigenvalue weighted by Gasteiger charge is 2.15. The number of hydrogen-bond donors (Lipinski definition) is 2. The number of benzene rings is 1. The van der Waals surface area contributed by atoms with Gasteiger partial charge in [-0.05, 0) is 5.56 Å². The molecular formula is C14H13N5O3. The van der Waals surface area contributed by atoms with E-state index in [1.54, 1.807) is 0 Å². The van der Waals surface area contributed by atoms with E-state index < -0.39 is 11.7 Å². The van der Waals surface area contributed by atoms with Crippen LogP contribution in [0.1, 0.15) is 5.56 Å². The molecule has 2 heterocycles. The third-order valence-electron chi connectivity index (χ3n) is 3.09. The molecule has 22 heavy (non-hydrogen) atoms. The maximum Gasteiger partial charge on any atom is 0.419 e. The van der Waals surface area contributed by atoms with Gasteiger partial charge < -0.3 is 10.1 Å². The van der Waals surface area contributed by atoms with Crippen LogP contribution in [-0.2, 0) is 11.3 Å².